The second kappa shape index (κ2) is 12.9. The van der Waals surface area contributed by atoms with E-state index in [1.54, 1.807) is 86.0 Å². The molecule has 0 bridgehead atoms. The Bertz CT molecular complexity index is 1610. The van der Waals surface area contributed by atoms with Crippen molar-refractivity contribution in [2.24, 2.45) is 5.10 Å². The van der Waals surface area contributed by atoms with Crippen molar-refractivity contribution in [2.75, 3.05) is 7.11 Å². The van der Waals surface area contributed by atoms with Crippen LogP contribution in [0.5, 0.6) is 23.0 Å². The molecule has 0 unspecified atom stereocenters. The summed E-state index contributed by atoms with van der Waals surface area (Å²) in [6, 6.07) is 35.4. The third-order valence-corrected chi connectivity index (χ3v) is 6.01. The fraction of sp³-hybridized carbons (Fsp3) is 0.0606. The highest BCUT2D eigenvalue weighted by Gasteiger charge is 2.23. The van der Waals surface area contributed by atoms with E-state index in [9.17, 15) is 9.59 Å². The van der Waals surface area contributed by atoms with E-state index in [2.05, 4.69) is 10.5 Å². The van der Waals surface area contributed by atoms with Gasteiger partial charge in [-0.15, -0.1) is 0 Å². The average molecular weight is 547 g/mol. The summed E-state index contributed by atoms with van der Waals surface area (Å²) in [7, 11) is 1.55. The molecule has 0 aliphatic carbocycles. The number of nitrogens with zero attached hydrogens (tertiary/aromatic N) is 1. The van der Waals surface area contributed by atoms with Crippen molar-refractivity contribution in [2.45, 2.75) is 6.29 Å². The van der Waals surface area contributed by atoms with Gasteiger partial charge in [-0.05, 0) is 65.4 Å². The molecule has 8 heteroatoms. The summed E-state index contributed by atoms with van der Waals surface area (Å²) in [4.78, 5) is 26.0. The van der Waals surface area contributed by atoms with Crippen LogP contribution in [0.4, 0.5) is 0 Å². The molecule has 5 aromatic rings. The molecule has 0 spiro atoms. The Labute approximate surface area is 236 Å². The molecule has 8 nitrogen and oxygen atoms in total. The summed E-state index contributed by atoms with van der Waals surface area (Å²) >= 11 is 0. The molecular formula is C33H26N2O6. The molecule has 1 amide bonds. The first kappa shape index (κ1) is 27.0. The molecule has 1 N–H and O–H groups in total. The number of hydrazone groups is 1. The summed E-state index contributed by atoms with van der Waals surface area (Å²) < 4.78 is 22.5. The van der Waals surface area contributed by atoms with E-state index >= 15 is 0 Å². The van der Waals surface area contributed by atoms with Gasteiger partial charge in [-0.2, -0.15) is 5.10 Å². The van der Waals surface area contributed by atoms with Crippen LogP contribution in [0.25, 0.3) is 10.8 Å². The molecule has 0 aromatic heterocycles. The number of fused-ring (bicyclic) bond motifs is 1. The van der Waals surface area contributed by atoms with Gasteiger partial charge in [-0.1, -0.05) is 66.7 Å². The average Bonchev–Trinajstić information content (AvgIpc) is 3.02. The number of carbonyl (C=O) groups excluding carboxylic acids is 2. The minimum atomic E-state index is -1.32. The van der Waals surface area contributed by atoms with Gasteiger partial charge in [0.05, 0.1) is 18.9 Å². The fourth-order valence-corrected chi connectivity index (χ4v) is 3.97. The van der Waals surface area contributed by atoms with Crippen LogP contribution in [-0.4, -0.2) is 31.5 Å². The van der Waals surface area contributed by atoms with E-state index in [1.165, 1.54) is 6.21 Å². The number of rotatable bonds is 10. The molecule has 5 rings (SSSR count). The van der Waals surface area contributed by atoms with Crippen molar-refractivity contribution in [1.29, 1.82) is 0 Å². The number of para-hydroxylation sites is 2. The van der Waals surface area contributed by atoms with E-state index in [-0.39, 0.29) is 5.75 Å². The van der Waals surface area contributed by atoms with Crippen molar-refractivity contribution < 1.29 is 28.5 Å². The third-order valence-electron chi connectivity index (χ3n) is 6.01. The number of methoxy groups -OCH3 is 1. The Morgan fingerprint density at radius 1 is 0.707 bits per heavy atom. The quantitative estimate of drug-likeness (QED) is 0.0759. The van der Waals surface area contributed by atoms with Gasteiger partial charge in [0.1, 0.15) is 23.0 Å². The SMILES string of the molecule is COc1ccc(C(=O)Oc2ccc3ccccc3c2C=NNC(=O)C(Oc2ccccc2)Oc2ccccc2)cc1. The van der Waals surface area contributed by atoms with E-state index in [0.717, 1.165) is 10.8 Å². The van der Waals surface area contributed by atoms with Crippen LogP contribution in [0.2, 0.25) is 0 Å². The lowest BCUT2D eigenvalue weighted by atomic mass is 10.0. The number of benzene rings is 5. The highest BCUT2D eigenvalue weighted by molar-refractivity contribution is 6.04. The molecule has 0 heterocycles. The second-order valence-corrected chi connectivity index (χ2v) is 8.74. The highest BCUT2D eigenvalue weighted by Crippen LogP contribution is 2.28. The first-order valence-corrected chi connectivity index (χ1v) is 12.7. The Hall–Kier alpha value is -5.63. The van der Waals surface area contributed by atoms with Crippen LogP contribution < -0.4 is 24.4 Å². The third kappa shape index (κ3) is 6.88. The minimum Gasteiger partial charge on any atom is -0.497 e. The van der Waals surface area contributed by atoms with Gasteiger partial charge in [-0.25, -0.2) is 10.2 Å². The molecule has 0 aliphatic rings. The van der Waals surface area contributed by atoms with Crippen LogP contribution in [0.3, 0.4) is 0 Å². The van der Waals surface area contributed by atoms with Gasteiger partial charge in [0.25, 0.3) is 0 Å². The first-order chi connectivity index (χ1) is 20.1. The van der Waals surface area contributed by atoms with Gasteiger partial charge in [0.2, 0.25) is 0 Å². The molecule has 0 radical (unpaired) electrons. The van der Waals surface area contributed by atoms with Crippen LogP contribution in [0.15, 0.2) is 126 Å². The number of nitrogens with one attached hydrogen (secondary N) is 1. The summed E-state index contributed by atoms with van der Waals surface area (Å²) in [6.07, 6.45) is 0.107. The van der Waals surface area contributed by atoms with Crippen molar-refractivity contribution >= 4 is 28.9 Å². The van der Waals surface area contributed by atoms with Crippen molar-refractivity contribution in [1.82, 2.24) is 5.43 Å². The van der Waals surface area contributed by atoms with Gasteiger partial charge >= 0.3 is 18.2 Å². The topological polar surface area (TPSA) is 95.5 Å². The molecule has 0 saturated carbocycles. The number of esters is 1. The Morgan fingerprint density at radius 3 is 1.95 bits per heavy atom. The van der Waals surface area contributed by atoms with E-state index in [1.807, 2.05) is 42.5 Å². The highest BCUT2D eigenvalue weighted by atomic mass is 16.7. The molecule has 204 valence electrons. The zero-order valence-corrected chi connectivity index (χ0v) is 22.1. The standard InChI is InChI=1S/C33H26N2O6/c1-38-25-19-16-24(17-20-25)32(37)41-30-21-18-23-10-8-9-15-28(23)29(30)22-34-35-31(36)33(39-26-11-4-2-5-12-26)40-27-13-6-3-7-14-27/h2-22,33H,1H3,(H,35,36). The lowest BCUT2D eigenvalue weighted by molar-refractivity contribution is -0.140. The molecule has 0 aliphatic heterocycles. The Kier molecular flexibility index (Phi) is 8.51. The lowest BCUT2D eigenvalue weighted by Gasteiger charge is -2.18. The number of hydrogen-bond acceptors (Lipinski definition) is 7. The summed E-state index contributed by atoms with van der Waals surface area (Å²) in [5.41, 5.74) is 3.35. The van der Waals surface area contributed by atoms with Crippen molar-refractivity contribution in [3.8, 4) is 23.0 Å². The van der Waals surface area contributed by atoms with Gasteiger partial charge in [-0.3, -0.25) is 4.79 Å². The number of ether oxygens (including phenoxy) is 4. The summed E-state index contributed by atoms with van der Waals surface area (Å²) in [5, 5.41) is 5.85. The zero-order chi connectivity index (χ0) is 28.4. The number of amides is 1. The molecule has 0 saturated heterocycles. The van der Waals surface area contributed by atoms with E-state index < -0.39 is 18.2 Å². The minimum absolute atomic E-state index is 0.278. The van der Waals surface area contributed by atoms with Crippen LogP contribution >= 0.6 is 0 Å². The Balaban J connectivity index is 1.38. The largest absolute Gasteiger partial charge is 0.497 e. The number of carbonyl (C=O) groups is 2. The molecule has 5 aromatic carbocycles. The molecule has 0 fully saturated rings. The van der Waals surface area contributed by atoms with Crippen LogP contribution in [-0.2, 0) is 4.79 Å². The normalized spacial score (nSPS) is 10.9. The lowest BCUT2D eigenvalue weighted by Crippen LogP contribution is -2.40. The monoisotopic (exact) mass is 546 g/mol. The Morgan fingerprint density at radius 2 is 1.32 bits per heavy atom. The number of hydrogen-bond donors (Lipinski definition) is 1. The maximum absolute atomic E-state index is 13.1. The maximum atomic E-state index is 13.1. The van der Waals surface area contributed by atoms with Gasteiger partial charge in [0.15, 0.2) is 0 Å². The van der Waals surface area contributed by atoms with Crippen LogP contribution in [0.1, 0.15) is 15.9 Å². The molecular weight excluding hydrogens is 520 g/mol. The summed E-state index contributed by atoms with van der Waals surface area (Å²) in [5.74, 6) is 0.630. The fourth-order valence-electron chi connectivity index (χ4n) is 3.97. The second-order valence-electron chi connectivity index (χ2n) is 8.74. The van der Waals surface area contributed by atoms with Gasteiger partial charge < -0.3 is 18.9 Å². The van der Waals surface area contributed by atoms with Crippen molar-refractivity contribution in [3.05, 3.63) is 132 Å². The molecule has 41 heavy (non-hydrogen) atoms. The predicted octanol–water partition coefficient (Wildman–Crippen LogP) is 6.00. The van der Waals surface area contributed by atoms with E-state index in [0.29, 0.717) is 28.4 Å². The smallest absolute Gasteiger partial charge is 0.343 e. The predicted molar refractivity (Wildman–Crippen MR) is 156 cm³/mol. The molecule has 0 atom stereocenters. The van der Waals surface area contributed by atoms with E-state index in [4.69, 9.17) is 18.9 Å². The zero-order valence-electron chi connectivity index (χ0n) is 22.1. The first-order valence-electron chi connectivity index (χ1n) is 12.7. The summed E-state index contributed by atoms with van der Waals surface area (Å²) in [6.45, 7) is 0. The van der Waals surface area contributed by atoms with Gasteiger partial charge in [0, 0.05) is 5.56 Å². The maximum Gasteiger partial charge on any atom is 0.343 e. The van der Waals surface area contributed by atoms with Crippen LogP contribution in [0, 0.1) is 0 Å². The van der Waals surface area contributed by atoms with Crippen molar-refractivity contribution in [3.63, 3.8) is 0 Å².